The van der Waals surface area contributed by atoms with Crippen molar-refractivity contribution in [3.63, 3.8) is 0 Å². The Morgan fingerprint density at radius 1 is 1.03 bits per heavy atom. The average Bonchev–Trinajstić information content (AvgIpc) is 3.21. The summed E-state index contributed by atoms with van der Waals surface area (Å²) in [6, 6.07) is 18.8. The lowest BCUT2D eigenvalue weighted by atomic mass is 10.1. The third-order valence-corrected chi connectivity index (χ3v) is 7.18. The number of sulfone groups is 1. The molecule has 1 N–H and O–H groups in total. The summed E-state index contributed by atoms with van der Waals surface area (Å²) in [5.74, 6) is -0.996. The van der Waals surface area contributed by atoms with E-state index in [9.17, 15) is 17.6 Å². The summed E-state index contributed by atoms with van der Waals surface area (Å²) in [4.78, 5) is 17.0. The highest BCUT2D eigenvalue weighted by atomic mass is 32.2. The molecule has 158 valence electrons. The van der Waals surface area contributed by atoms with Crippen LogP contribution in [0.1, 0.15) is 27.0 Å². The number of hydrogen-bond donors (Lipinski definition) is 1. The number of carbonyl (C=O) groups is 1. The fourth-order valence-electron chi connectivity index (χ4n) is 3.40. The number of benzene rings is 2. The molecular formula is C23H20FN3O3S. The van der Waals surface area contributed by atoms with Gasteiger partial charge in [-0.1, -0.05) is 36.4 Å². The van der Waals surface area contributed by atoms with Crippen LogP contribution in [-0.4, -0.2) is 30.3 Å². The van der Waals surface area contributed by atoms with Gasteiger partial charge in [0.25, 0.3) is 5.91 Å². The first-order valence-electron chi connectivity index (χ1n) is 9.63. The lowest BCUT2D eigenvalue weighted by Crippen LogP contribution is -2.32. The Morgan fingerprint density at radius 2 is 1.74 bits per heavy atom. The molecule has 0 aliphatic carbocycles. The van der Waals surface area contributed by atoms with Crippen LogP contribution in [0.25, 0.3) is 5.65 Å². The lowest BCUT2D eigenvalue weighted by Gasteiger charge is -2.19. The Morgan fingerprint density at radius 3 is 2.42 bits per heavy atom. The highest BCUT2D eigenvalue weighted by Crippen LogP contribution is 2.28. The van der Waals surface area contributed by atoms with Crippen molar-refractivity contribution in [2.75, 3.05) is 6.54 Å². The standard InChI is InChI=1S/C23H20FN3O3S/c1-16-6-5-9-22-26-20(15-27(16)22)23(28)25-14-21(17-7-3-2-4-8-17)31(29,30)19-12-10-18(24)11-13-19/h2-13,15,21H,14H2,1H3,(H,25,28). The Kier molecular flexibility index (Phi) is 5.56. The fourth-order valence-corrected chi connectivity index (χ4v) is 5.06. The zero-order valence-electron chi connectivity index (χ0n) is 16.7. The molecule has 6 nitrogen and oxygen atoms in total. The number of nitrogens with one attached hydrogen (secondary N) is 1. The lowest BCUT2D eigenvalue weighted by molar-refractivity contribution is 0.0949. The van der Waals surface area contributed by atoms with E-state index in [1.807, 2.05) is 19.1 Å². The van der Waals surface area contributed by atoms with Crippen molar-refractivity contribution in [3.05, 3.63) is 102 Å². The monoisotopic (exact) mass is 437 g/mol. The molecule has 1 amide bonds. The van der Waals surface area contributed by atoms with Crippen molar-refractivity contribution in [1.82, 2.24) is 14.7 Å². The molecule has 4 aromatic rings. The molecule has 0 bridgehead atoms. The van der Waals surface area contributed by atoms with E-state index in [1.54, 1.807) is 47.0 Å². The second-order valence-corrected chi connectivity index (χ2v) is 9.26. The van der Waals surface area contributed by atoms with Gasteiger partial charge in [0, 0.05) is 18.4 Å². The van der Waals surface area contributed by atoms with Gasteiger partial charge in [0.1, 0.15) is 22.4 Å². The minimum absolute atomic E-state index is 0.0136. The average molecular weight is 437 g/mol. The first-order chi connectivity index (χ1) is 14.9. The molecule has 2 aromatic carbocycles. The Labute approximate surface area is 179 Å². The largest absolute Gasteiger partial charge is 0.349 e. The molecule has 0 radical (unpaired) electrons. The van der Waals surface area contributed by atoms with Gasteiger partial charge in [-0.15, -0.1) is 0 Å². The van der Waals surface area contributed by atoms with Gasteiger partial charge in [0.05, 0.1) is 4.90 Å². The summed E-state index contributed by atoms with van der Waals surface area (Å²) in [7, 11) is -3.89. The summed E-state index contributed by atoms with van der Waals surface area (Å²) in [5, 5.41) is 1.66. The van der Waals surface area contributed by atoms with Crippen molar-refractivity contribution < 1.29 is 17.6 Å². The van der Waals surface area contributed by atoms with Crippen molar-refractivity contribution in [2.45, 2.75) is 17.1 Å². The summed E-state index contributed by atoms with van der Waals surface area (Å²) >= 11 is 0. The zero-order chi connectivity index (χ0) is 22.0. The van der Waals surface area contributed by atoms with E-state index >= 15 is 0 Å². The summed E-state index contributed by atoms with van der Waals surface area (Å²) in [6.07, 6.45) is 1.62. The molecule has 2 heterocycles. The summed E-state index contributed by atoms with van der Waals surface area (Å²) in [5.41, 5.74) is 2.27. The van der Waals surface area contributed by atoms with Crippen LogP contribution in [-0.2, 0) is 9.84 Å². The molecule has 4 rings (SSSR count). The number of fused-ring (bicyclic) bond motifs is 1. The molecule has 0 spiro atoms. The Bertz CT molecular complexity index is 1330. The fraction of sp³-hybridized carbons (Fsp3) is 0.130. The van der Waals surface area contributed by atoms with Gasteiger partial charge in [0.15, 0.2) is 9.84 Å². The van der Waals surface area contributed by atoms with Gasteiger partial charge in [0.2, 0.25) is 0 Å². The third-order valence-electron chi connectivity index (χ3n) is 5.06. The number of nitrogens with zero attached hydrogens (tertiary/aromatic N) is 2. The van der Waals surface area contributed by atoms with Crippen LogP contribution < -0.4 is 5.32 Å². The molecule has 1 unspecified atom stereocenters. The number of aromatic nitrogens is 2. The SMILES string of the molecule is Cc1cccc2nc(C(=O)NCC(c3ccccc3)S(=O)(=O)c3ccc(F)cc3)cn12. The van der Waals surface area contributed by atoms with E-state index < -0.39 is 26.8 Å². The van der Waals surface area contributed by atoms with E-state index in [2.05, 4.69) is 10.3 Å². The zero-order valence-corrected chi connectivity index (χ0v) is 17.5. The maximum Gasteiger partial charge on any atom is 0.271 e. The number of amides is 1. The number of hydrogen-bond acceptors (Lipinski definition) is 4. The molecule has 0 aliphatic heterocycles. The quantitative estimate of drug-likeness (QED) is 0.466. The Hall–Kier alpha value is -3.52. The van der Waals surface area contributed by atoms with Crippen molar-refractivity contribution >= 4 is 21.4 Å². The van der Waals surface area contributed by atoms with Crippen molar-refractivity contribution in [3.8, 4) is 0 Å². The van der Waals surface area contributed by atoms with Gasteiger partial charge >= 0.3 is 0 Å². The van der Waals surface area contributed by atoms with Crippen LogP contribution >= 0.6 is 0 Å². The molecule has 0 saturated carbocycles. The highest BCUT2D eigenvalue weighted by molar-refractivity contribution is 7.91. The van der Waals surface area contributed by atoms with E-state index in [0.717, 1.165) is 17.8 Å². The first-order valence-corrected chi connectivity index (χ1v) is 11.2. The molecule has 31 heavy (non-hydrogen) atoms. The molecule has 2 aromatic heterocycles. The van der Waals surface area contributed by atoms with Crippen LogP contribution in [0.4, 0.5) is 4.39 Å². The second-order valence-electron chi connectivity index (χ2n) is 7.13. The number of pyridine rings is 1. The molecule has 1 atom stereocenters. The minimum atomic E-state index is -3.89. The van der Waals surface area contributed by atoms with Crippen LogP contribution in [0.15, 0.2) is 83.9 Å². The van der Waals surface area contributed by atoms with Gasteiger partial charge in [-0.25, -0.2) is 17.8 Å². The Balaban J connectivity index is 1.62. The molecular weight excluding hydrogens is 417 g/mol. The smallest absolute Gasteiger partial charge is 0.271 e. The molecule has 0 fully saturated rings. The second kappa shape index (κ2) is 8.31. The van der Waals surface area contributed by atoms with Gasteiger partial charge < -0.3 is 9.72 Å². The molecule has 0 aliphatic rings. The summed E-state index contributed by atoms with van der Waals surface area (Å²) in [6.45, 7) is 1.74. The van der Waals surface area contributed by atoms with Gasteiger partial charge in [-0.05, 0) is 48.9 Å². The first kappa shape index (κ1) is 20.7. The number of carbonyl (C=O) groups excluding carboxylic acids is 1. The van der Waals surface area contributed by atoms with Crippen LogP contribution in [0.2, 0.25) is 0 Å². The number of imidazole rings is 1. The molecule has 0 saturated heterocycles. The van der Waals surface area contributed by atoms with Crippen molar-refractivity contribution in [1.29, 1.82) is 0 Å². The van der Waals surface area contributed by atoms with Crippen LogP contribution in [0.3, 0.4) is 0 Å². The number of rotatable bonds is 6. The maximum atomic E-state index is 13.3. The van der Waals surface area contributed by atoms with Gasteiger partial charge in [-0.2, -0.15) is 0 Å². The topological polar surface area (TPSA) is 80.5 Å². The van der Waals surface area contributed by atoms with Crippen LogP contribution in [0, 0.1) is 12.7 Å². The van der Waals surface area contributed by atoms with Crippen LogP contribution in [0.5, 0.6) is 0 Å². The van der Waals surface area contributed by atoms with Crippen molar-refractivity contribution in [2.24, 2.45) is 0 Å². The maximum absolute atomic E-state index is 13.3. The van der Waals surface area contributed by atoms with E-state index in [0.29, 0.717) is 11.2 Å². The minimum Gasteiger partial charge on any atom is -0.349 e. The van der Waals surface area contributed by atoms with E-state index in [-0.39, 0.29) is 17.1 Å². The third kappa shape index (κ3) is 4.20. The summed E-state index contributed by atoms with van der Waals surface area (Å²) < 4.78 is 41.7. The number of halogens is 1. The predicted octanol–water partition coefficient (Wildman–Crippen LogP) is 3.73. The van der Waals surface area contributed by atoms with E-state index in [4.69, 9.17) is 0 Å². The normalized spacial score (nSPS) is 12.6. The van der Waals surface area contributed by atoms with E-state index in [1.165, 1.54) is 12.1 Å². The number of aryl methyl sites for hydroxylation is 1. The highest BCUT2D eigenvalue weighted by Gasteiger charge is 2.30. The molecule has 8 heteroatoms. The van der Waals surface area contributed by atoms with Gasteiger partial charge in [-0.3, -0.25) is 4.79 Å². The predicted molar refractivity (Wildman–Crippen MR) is 115 cm³/mol.